The average Bonchev–Trinajstić information content (AvgIpc) is 3.72. The quantitative estimate of drug-likeness (QED) is 0.191. The third-order valence-corrected chi connectivity index (χ3v) is 10.8. The highest BCUT2D eigenvalue weighted by Crippen LogP contribution is 2.47. The zero-order valence-corrected chi connectivity index (χ0v) is 28.0. The van der Waals surface area contributed by atoms with Crippen molar-refractivity contribution in [2.75, 3.05) is 0 Å². The Morgan fingerprint density at radius 3 is 2.42 bits per heavy atom. The largest absolute Gasteiger partial charge is 0.459 e. The fraction of sp³-hybridized carbons (Fsp3) is 0.130. The zero-order chi connectivity index (χ0) is 33.3. The molecular formula is C46H35N3O. The van der Waals surface area contributed by atoms with Gasteiger partial charge in [-0.1, -0.05) is 105 Å². The van der Waals surface area contributed by atoms with Gasteiger partial charge in [-0.15, -0.1) is 0 Å². The Balaban J connectivity index is 1.17. The van der Waals surface area contributed by atoms with Crippen LogP contribution >= 0.6 is 0 Å². The van der Waals surface area contributed by atoms with Gasteiger partial charge < -0.3 is 8.98 Å². The first-order valence-electron chi connectivity index (χ1n) is 17.6. The van der Waals surface area contributed by atoms with Crippen LogP contribution in [-0.4, -0.2) is 14.5 Å². The molecule has 0 aliphatic heterocycles. The summed E-state index contributed by atoms with van der Waals surface area (Å²) in [6.07, 6.45) is 13.7. The van der Waals surface area contributed by atoms with E-state index in [1.54, 1.807) is 0 Å². The third kappa shape index (κ3) is 4.38. The van der Waals surface area contributed by atoms with E-state index in [9.17, 15) is 0 Å². The van der Waals surface area contributed by atoms with E-state index in [1.165, 1.54) is 27.6 Å². The van der Waals surface area contributed by atoms with E-state index in [-0.39, 0.29) is 5.92 Å². The Morgan fingerprint density at radius 1 is 0.680 bits per heavy atom. The molecule has 4 heteroatoms. The van der Waals surface area contributed by atoms with E-state index in [2.05, 4.69) is 146 Å². The molecule has 4 nitrogen and oxygen atoms in total. The zero-order valence-electron chi connectivity index (χ0n) is 28.0. The number of benzene rings is 4. The molecule has 50 heavy (non-hydrogen) atoms. The highest BCUT2D eigenvalue weighted by molar-refractivity contribution is 6.21. The molecule has 0 saturated heterocycles. The maximum atomic E-state index is 7.10. The Hall–Kier alpha value is -6.00. The number of aromatic nitrogens is 3. The van der Waals surface area contributed by atoms with Crippen LogP contribution in [0.2, 0.25) is 0 Å². The van der Waals surface area contributed by atoms with Crippen LogP contribution in [0.1, 0.15) is 42.6 Å². The molecule has 0 amide bonds. The van der Waals surface area contributed by atoms with Gasteiger partial charge in [0.1, 0.15) is 11.3 Å². The first kappa shape index (κ1) is 29.0. The molecule has 0 N–H and O–H groups in total. The minimum atomic E-state index is 0.153. The summed E-state index contributed by atoms with van der Waals surface area (Å²) in [5.41, 5.74) is 13.5. The monoisotopic (exact) mass is 645 g/mol. The molecule has 3 unspecified atom stereocenters. The van der Waals surface area contributed by atoms with Gasteiger partial charge >= 0.3 is 0 Å². The second-order valence-electron chi connectivity index (χ2n) is 13.9. The molecule has 8 aromatic rings. The number of para-hydroxylation sites is 1. The Bertz CT molecular complexity index is 2670. The second kappa shape index (κ2) is 11.3. The van der Waals surface area contributed by atoms with Gasteiger partial charge in [0.15, 0.2) is 0 Å². The van der Waals surface area contributed by atoms with Gasteiger partial charge in [0.05, 0.1) is 27.8 Å². The number of nitrogens with zero attached hydrogens (tertiary/aromatic N) is 3. The Morgan fingerprint density at radius 2 is 1.52 bits per heavy atom. The van der Waals surface area contributed by atoms with E-state index in [0.29, 0.717) is 11.8 Å². The fourth-order valence-corrected chi connectivity index (χ4v) is 8.38. The van der Waals surface area contributed by atoms with Gasteiger partial charge in [-0.3, -0.25) is 9.97 Å². The number of furan rings is 1. The Kier molecular flexibility index (Phi) is 6.53. The molecule has 0 saturated carbocycles. The van der Waals surface area contributed by atoms with Gasteiger partial charge in [0.25, 0.3) is 0 Å². The summed E-state index contributed by atoms with van der Waals surface area (Å²) >= 11 is 0. The van der Waals surface area contributed by atoms with Gasteiger partial charge in [-0.25, -0.2) is 0 Å². The minimum absolute atomic E-state index is 0.153. The molecule has 240 valence electrons. The third-order valence-electron chi connectivity index (χ3n) is 10.8. The lowest BCUT2D eigenvalue weighted by atomic mass is 9.84. The minimum Gasteiger partial charge on any atom is -0.459 e. The molecule has 0 fully saturated rings. The van der Waals surface area contributed by atoms with Crippen LogP contribution < -0.4 is 0 Å². The molecule has 0 bridgehead atoms. The Labute approximate surface area is 291 Å². The fourth-order valence-electron chi connectivity index (χ4n) is 8.38. The van der Waals surface area contributed by atoms with E-state index in [1.807, 2.05) is 18.5 Å². The number of allylic oxidation sites excluding steroid dienone is 4. The lowest BCUT2D eigenvalue weighted by Gasteiger charge is -2.24. The van der Waals surface area contributed by atoms with Crippen LogP contribution in [-0.2, 0) is 6.42 Å². The summed E-state index contributed by atoms with van der Waals surface area (Å²) in [4.78, 5) is 9.70. The summed E-state index contributed by atoms with van der Waals surface area (Å²) in [6.45, 7) is 4.57. The van der Waals surface area contributed by atoms with E-state index in [0.717, 1.165) is 67.8 Å². The number of hydrogen-bond acceptors (Lipinski definition) is 3. The number of hydrogen-bond donors (Lipinski definition) is 0. The van der Waals surface area contributed by atoms with E-state index in [4.69, 9.17) is 14.4 Å². The average molecular weight is 646 g/mol. The maximum absolute atomic E-state index is 7.10. The molecule has 4 aromatic carbocycles. The normalized spacial score (nSPS) is 18.2. The highest BCUT2D eigenvalue weighted by Gasteiger charge is 2.29. The summed E-state index contributed by atoms with van der Waals surface area (Å²) in [6, 6.07) is 39.3. The molecule has 0 spiro atoms. The predicted octanol–water partition coefficient (Wildman–Crippen LogP) is 11.8. The molecule has 2 aliphatic carbocycles. The molecule has 0 radical (unpaired) electrons. The second-order valence-corrected chi connectivity index (χ2v) is 13.9. The lowest BCUT2D eigenvalue weighted by molar-refractivity contribution is 0.483. The predicted molar refractivity (Wildman–Crippen MR) is 205 cm³/mol. The van der Waals surface area contributed by atoms with Crippen molar-refractivity contribution in [1.82, 2.24) is 14.5 Å². The lowest BCUT2D eigenvalue weighted by Crippen LogP contribution is -2.11. The molecule has 2 aliphatic rings. The summed E-state index contributed by atoms with van der Waals surface area (Å²) in [5.74, 6) is 1.88. The van der Waals surface area contributed by atoms with Gasteiger partial charge in [0, 0.05) is 45.9 Å². The molecular weight excluding hydrogens is 611 g/mol. The van der Waals surface area contributed by atoms with Crippen LogP contribution in [0.5, 0.6) is 0 Å². The van der Waals surface area contributed by atoms with Gasteiger partial charge in [0.2, 0.25) is 0 Å². The smallest absolute Gasteiger partial charge is 0.144 e. The van der Waals surface area contributed by atoms with Crippen LogP contribution in [0.15, 0.2) is 150 Å². The summed E-state index contributed by atoms with van der Waals surface area (Å²) in [7, 11) is 0. The van der Waals surface area contributed by atoms with Crippen LogP contribution in [0.3, 0.4) is 0 Å². The van der Waals surface area contributed by atoms with Crippen molar-refractivity contribution in [3.8, 4) is 39.3 Å². The van der Waals surface area contributed by atoms with Crippen LogP contribution in [0.4, 0.5) is 0 Å². The van der Waals surface area contributed by atoms with Crippen molar-refractivity contribution in [3.63, 3.8) is 0 Å². The van der Waals surface area contributed by atoms with Crippen molar-refractivity contribution in [2.24, 2.45) is 5.92 Å². The molecule has 10 rings (SSSR count). The summed E-state index contributed by atoms with van der Waals surface area (Å²) < 4.78 is 9.49. The van der Waals surface area contributed by atoms with E-state index < -0.39 is 0 Å². The number of fused-ring (bicyclic) bond motifs is 8. The first-order valence-corrected chi connectivity index (χ1v) is 17.6. The van der Waals surface area contributed by atoms with Crippen LogP contribution in [0.25, 0.3) is 72.1 Å². The molecule has 3 atom stereocenters. The van der Waals surface area contributed by atoms with Crippen molar-refractivity contribution in [1.29, 1.82) is 0 Å². The maximum Gasteiger partial charge on any atom is 0.144 e. The molecule has 4 aromatic heterocycles. The molecule has 4 heterocycles. The van der Waals surface area contributed by atoms with Crippen molar-refractivity contribution >= 4 is 32.8 Å². The SMILES string of the molecule is CC1Cc2cccnc2-c2ncc(-c3cccc(-n4c5ccccc5c5c6oc(C7C=CC=CC7C)c(-c7ccccc7)c6ccc54)c3)cc21. The number of rotatable bonds is 4. The first-order chi connectivity index (χ1) is 24.6. The standard InChI is InChI=1S/C46H35N3O/c1-28-12-6-7-18-35(28)45-41(30-13-4-3-5-14-30)37-21-22-40-42(46(37)50-45)36-19-8-9-20-39(36)49(40)34-17-10-15-31(25-34)33-26-38-29(2)24-32-16-11-23-47-43(32)44(38)48-27-33/h3-23,25-29,35H,24H2,1-2H3. The van der Waals surface area contributed by atoms with Gasteiger partial charge in [-0.05, 0) is 83.0 Å². The van der Waals surface area contributed by atoms with Gasteiger partial charge in [-0.2, -0.15) is 0 Å². The van der Waals surface area contributed by atoms with E-state index >= 15 is 0 Å². The topological polar surface area (TPSA) is 43.9 Å². The van der Waals surface area contributed by atoms with Crippen molar-refractivity contribution in [2.45, 2.75) is 32.1 Å². The summed E-state index contributed by atoms with van der Waals surface area (Å²) in [5, 5.41) is 3.47. The van der Waals surface area contributed by atoms with Crippen LogP contribution in [0, 0.1) is 5.92 Å². The number of pyridine rings is 2. The highest BCUT2D eigenvalue weighted by atomic mass is 16.3. The van der Waals surface area contributed by atoms with Crippen molar-refractivity contribution < 1.29 is 4.42 Å². The van der Waals surface area contributed by atoms with Crippen molar-refractivity contribution in [3.05, 3.63) is 163 Å².